The predicted molar refractivity (Wildman–Crippen MR) is 107 cm³/mol. The summed E-state index contributed by atoms with van der Waals surface area (Å²) in [6.07, 6.45) is 2.69. The first-order chi connectivity index (χ1) is 13.4. The van der Waals surface area contributed by atoms with Crippen LogP contribution in [0.25, 0.3) is 16.6 Å². The molecule has 0 saturated heterocycles. The highest BCUT2D eigenvalue weighted by molar-refractivity contribution is 7.15. The maximum atomic E-state index is 13.0. The highest BCUT2D eigenvalue weighted by Gasteiger charge is 2.40. The Labute approximate surface area is 165 Å². The van der Waals surface area contributed by atoms with E-state index < -0.39 is 11.7 Å². The molecule has 0 amide bonds. The van der Waals surface area contributed by atoms with E-state index in [1.54, 1.807) is 6.08 Å². The number of carbonyl (C=O) groups excluding carboxylic acids is 2. The SMILES string of the molecule is Cc1ccc(-c2nc(C3C(=O)C/C(=C/c4ccc(F)cn4)C3=O)c(C)s2)cc1. The second kappa shape index (κ2) is 7.20. The average Bonchev–Trinajstić information content (AvgIpc) is 3.17. The number of hydrogen-bond acceptors (Lipinski definition) is 5. The van der Waals surface area contributed by atoms with Gasteiger partial charge in [0.2, 0.25) is 0 Å². The van der Waals surface area contributed by atoms with E-state index in [1.165, 1.54) is 23.5 Å². The normalized spacial score (nSPS) is 18.2. The van der Waals surface area contributed by atoms with E-state index in [0.717, 1.165) is 27.2 Å². The molecule has 140 valence electrons. The van der Waals surface area contributed by atoms with Crippen LogP contribution in [0.15, 0.2) is 48.2 Å². The molecule has 1 atom stereocenters. The summed E-state index contributed by atoms with van der Waals surface area (Å²) >= 11 is 1.48. The third kappa shape index (κ3) is 3.43. The predicted octanol–water partition coefficient (Wildman–Crippen LogP) is 4.67. The lowest BCUT2D eigenvalue weighted by Gasteiger charge is -2.04. The fraction of sp³-hybridized carbons (Fsp3) is 0.182. The monoisotopic (exact) mass is 392 g/mol. The molecule has 2 heterocycles. The molecule has 1 fully saturated rings. The Morgan fingerprint density at radius 1 is 1.11 bits per heavy atom. The number of aryl methyl sites for hydroxylation is 2. The minimum absolute atomic E-state index is 0.0411. The van der Waals surface area contributed by atoms with Gasteiger partial charge in [-0.2, -0.15) is 0 Å². The van der Waals surface area contributed by atoms with Gasteiger partial charge in [-0.3, -0.25) is 14.6 Å². The van der Waals surface area contributed by atoms with Crippen LogP contribution in [-0.2, 0) is 9.59 Å². The minimum Gasteiger partial charge on any atom is -0.298 e. The molecular formula is C22H17FN2O2S. The van der Waals surface area contributed by atoms with Crippen molar-refractivity contribution in [1.82, 2.24) is 9.97 Å². The molecule has 28 heavy (non-hydrogen) atoms. The molecule has 0 spiro atoms. The number of rotatable bonds is 3. The average molecular weight is 392 g/mol. The lowest BCUT2D eigenvalue weighted by atomic mass is 10.00. The van der Waals surface area contributed by atoms with Crippen LogP contribution in [0, 0.1) is 19.7 Å². The second-order valence-corrected chi connectivity index (χ2v) is 8.04. The summed E-state index contributed by atoms with van der Waals surface area (Å²) in [5, 5.41) is 0.797. The number of benzene rings is 1. The first-order valence-electron chi connectivity index (χ1n) is 8.86. The number of halogens is 1. The van der Waals surface area contributed by atoms with Gasteiger partial charge in [-0.25, -0.2) is 9.37 Å². The quantitative estimate of drug-likeness (QED) is 0.480. The number of carbonyl (C=O) groups is 2. The molecule has 4 rings (SSSR count). The molecule has 0 radical (unpaired) electrons. The summed E-state index contributed by atoms with van der Waals surface area (Å²) in [6, 6.07) is 10.7. The topological polar surface area (TPSA) is 59.9 Å². The number of pyridine rings is 1. The zero-order chi connectivity index (χ0) is 19.8. The van der Waals surface area contributed by atoms with Crippen LogP contribution >= 0.6 is 11.3 Å². The Hall–Kier alpha value is -2.99. The van der Waals surface area contributed by atoms with Crippen LogP contribution in [0.3, 0.4) is 0 Å². The van der Waals surface area contributed by atoms with Crippen LogP contribution in [0.4, 0.5) is 4.39 Å². The lowest BCUT2D eigenvalue weighted by Crippen LogP contribution is -2.14. The van der Waals surface area contributed by atoms with E-state index in [-0.39, 0.29) is 18.0 Å². The molecular weight excluding hydrogens is 375 g/mol. The highest BCUT2D eigenvalue weighted by Crippen LogP contribution is 2.38. The Kier molecular flexibility index (Phi) is 4.73. The number of hydrogen-bond donors (Lipinski definition) is 0. The van der Waals surface area contributed by atoms with Gasteiger partial charge in [0.1, 0.15) is 16.7 Å². The summed E-state index contributed by atoms with van der Waals surface area (Å²) in [5.41, 5.74) is 3.50. The molecule has 0 bridgehead atoms. The maximum absolute atomic E-state index is 13.0. The third-order valence-corrected chi connectivity index (χ3v) is 5.78. The number of allylic oxidation sites excluding steroid dienone is 1. The van der Waals surface area contributed by atoms with E-state index in [0.29, 0.717) is 17.0 Å². The molecule has 4 nitrogen and oxygen atoms in total. The van der Waals surface area contributed by atoms with Crippen molar-refractivity contribution < 1.29 is 14.0 Å². The summed E-state index contributed by atoms with van der Waals surface area (Å²) in [6.45, 7) is 3.90. The Morgan fingerprint density at radius 3 is 2.54 bits per heavy atom. The molecule has 0 N–H and O–H groups in total. The van der Waals surface area contributed by atoms with Crippen molar-refractivity contribution in [2.24, 2.45) is 0 Å². The molecule has 0 aliphatic heterocycles. The smallest absolute Gasteiger partial charge is 0.175 e. The van der Waals surface area contributed by atoms with Crippen molar-refractivity contribution in [2.75, 3.05) is 0 Å². The van der Waals surface area contributed by atoms with Crippen LogP contribution in [0.5, 0.6) is 0 Å². The fourth-order valence-corrected chi connectivity index (χ4v) is 4.21. The Bertz CT molecular complexity index is 1100. The van der Waals surface area contributed by atoms with Crippen LogP contribution < -0.4 is 0 Å². The molecule has 1 unspecified atom stereocenters. The molecule has 1 aliphatic rings. The van der Waals surface area contributed by atoms with E-state index in [2.05, 4.69) is 9.97 Å². The van der Waals surface area contributed by atoms with Gasteiger partial charge in [0.15, 0.2) is 11.6 Å². The Morgan fingerprint density at radius 2 is 1.86 bits per heavy atom. The van der Waals surface area contributed by atoms with Crippen molar-refractivity contribution in [3.05, 3.63) is 75.8 Å². The summed E-state index contributed by atoms with van der Waals surface area (Å²) in [7, 11) is 0. The highest BCUT2D eigenvalue weighted by atomic mass is 32.1. The fourth-order valence-electron chi connectivity index (χ4n) is 3.25. The Balaban J connectivity index is 1.66. The van der Waals surface area contributed by atoms with Gasteiger partial charge >= 0.3 is 0 Å². The number of aromatic nitrogens is 2. The van der Waals surface area contributed by atoms with Crippen molar-refractivity contribution in [3.63, 3.8) is 0 Å². The molecule has 6 heteroatoms. The summed E-state index contributed by atoms with van der Waals surface area (Å²) < 4.78 is 13.0. The molecule has 1 saturated carbocycles. The molecule has 2 aromatic heterocycles. The zero-order valence-electron chi connectivity index (χ0n) is 15.4. The lowest BCUT2D eigenvalue weighted by molar-refractivity contribution is -0.123. The van der Waals surface area contributed by atoms with Gasteiger partial charge in [-0.05, 0) is 32.1 Å². The van der Waals surface area contributed by atoms with Crippen molar-refractivity contribution in [1.29, 1.82) is 0 Å². The number of Topliss-reactive ketones (excluding diaryl/α,β-unsaturated/α-hetero) is 2. The van der Waals surface area contributed by atoms with Crippen molar-refractivity contribution >= 4 is 29.0 Å². The molecule has 1 aromatic carbocycles. The first kappa shape index (κ1) is 18.4. The van der Waals surface area contributed by atoms with Crippen molar-refractivity contribution in [2.45, 2.75) is 26.2 Å². The number of thiazole rings is 1. The third-order valence-electron chi connectivity index (χ3n) is 4.74. The van der Waals surface area contributed by atoms with Gasteiger partial charge in [0.25, 0.3) is 0 Å². The first-order valence-corrected chi connectivity index (χ1v) is 9.67. The van der Waals surface area contributed by atoms with Crippen LogP contribution in [0.2, 0.25) is 0 Å². The van der Waals surface area contributed by atoms with Crippen LogP contribution in [0.1, 0.15) is 34.2 Å². The van der Waals surface area contributed by atoms with Gasteiger partial charge in [0, 0.05) is 22.4 Å². The van der Waals surface area contributed by atoms with Gasteiger partial charge in [0.05, 0.1) is 17.6 Å². The summed E-state index contributed by atoms with van der Waals surface area (Å²) in [5.74, 6) is -1.74. The van der Waals surface area contributed by atoms with E-state index >= 15 is 0 Å². The molecule has 3 aromatic rings. The van der Waals surface area contributed by atoms with Gasteiger partial charge < -0.3 is 0 Å². The maximum Gasteiger partial charge on any atom is 0.175 e. The molecule has 1 aliphatic carbocycles. The second-order valence-electron chi connectivity index (χ2n) is 6.84. The summed E-state index contributed by atoms with van der Waals surface area (Å²) in [4.78, 5) is 34.9. The number of ketones is 2. The zero-order valence-corrected chi connectivity index (χ0v) is 16.2. The van der Waals surface area contributed by atoms with Gasteiger partial charge in [-0.1, -0.05) is 29.8 Å². The van der Waals surface area contributed by atoms with E-state index in [1.807, 2.05) is 38.1 Å². The number of nitrogens with zero attached hydrogens (tertiary/aromatic N) is 2. The largest absolute Gasteiger partial charge is 0.298 e. The van der Waals surface area contributed by atoms with Gasteiger partial charge in [-0.15, -0.1) is 11.3 Å². The standard InChI is InChI=1S/C22H17FN2O2S/c1-12-3-5-14(6-4-12)22-25-20(13(2)28-22)19-18(26)10-15(21(19)27)9-17-8-7-16(23)11-24-17/h3-9,11,19H,10H2,1-2H3/b15-9-. The van der Waals surface area contributed by atoms with Crippen LogP contribution in [-0.4, -0.2) is 21.5 Å². The van der Waals surface area contributed by atoms with E-state index in [4.69, 9.17) is 0 Å². The minimum atomic E-state index is -0.873. The van der Waals surface area contributed by atoms with Crippen molar-refractivity contribution in [3.8, 4) is 10.6 Å². The van der Waals surface area contributed by atoms with E-state index in [9.17, 15) is 14.0 Å².